The molecule has 1 heterocycles. The molecule has 3 heteroatoms. The molecule has 0 aliphatic carbocycles. The first-order chi connectivity index (χ1) is 9.29. The van der Waals surface area contributed by atoms with Gasteiger partial charge in [-0.3, -0.25) is 0 Å². The number of para-hydroxylation sites is 2. The second-order valence-corrected chi connectivity index (χ2v) is 4.28. The largest absolute Gasteiger partial charge is 0.422 e. The van der Waals surface area contributed by atoms with Crippen LogP contribution in [-0.4, -0.2) is 7.05 Å². The molecule has 0 bridgehead atoms. The molecular formula is C16H13NO2. The van der Waals surface area contributed by atoms with E-state index in [4.69, 9.17) is 4.42 Å². The van der Waals surface area contributed by atoms with E-state index < -0.39 is 0 Å². The molecule has 0 saturated carbocycles. The molecule has 0 amide bonds. The highest BCUT2D eigenvalue weighted by atomic mass is 16.4. The lowest BCUT2D eigenvalue weighted by atomic mass is 10.0. The first-order valence-corrected chi connectivity index (χ1v) is 6.09. The number of hydrogen-bond acceptors (Lipinski definition) is 3. The molecule has 0 aliphatic rings. The lowest BCUT2D eigenvalue weighted by molar-refractivity contribution is 0.563. The van der Waals surface area contributed by atoms with E-state index in [0.29, 0.717) is 11.1 Å². The predicted molar refractivity (Wildman–Crippen MR) is 77.5 cm³/mol. The average Bonchev–Trinajstić information content (AvgIpc) is 2.46. The minimum absolute atomic E-state index is 0.318. The normalized spacial score (nSPS) is 10.6. The highest BCUT2D eigenvalue weighted by Gasteiger charge is 2.10. The van der Waals surface area contributed by atoms with Crippen molar-refractivity contribution in [1.29, 1.82) is 0 Å². The van der Waals surface area contributed by atoms with Crippen LogP contribution < -0.4 is 10.9 Å². The van der Waals surface area contributed by atoms with Gasteiger partial charge in [0.1, 0.15) is 5.58 Å². The molecule has 0 radical (unpaired) electrons. The van der Waals surface area contributed by atoms with Gasteiger partial charge in [0.2, 0.25) is 0 Å². The van der Waals surface area contributed by atoms with E-state index in [-0.39, 0.29) is 5.63 Å². The van der Waals surface area contributed by atoms with Gasteiger partial charge in [0.05, 0.1) is 5.56 Å². The van der Waals surface area contributed by atoms with Gasteiger partial charge in [-0.25, -0.2) is 4.79 Å². The van der Waals surface area contributed by atoms with Crippen LogP contribution in [0, 0.1) is 0 Å². The van der Waals surface area contributed by atoms with E-state index in [1.165, 1.54) is 0 Å². The molecule has 3 rings (SSSR count). The maximum Gasteiger partial charge on any atom is 0.344 e. The highest BCUT2D eigenvalue weighted by molar-refractivity contribution is 5.85. The van der Waals surface area contributed by atoms with Crippen molar-refractivity contribution in [2.75, 3.05) is 12.4 Å². The SMILES string of the molecule is CNc1ccccc1-c1cc2ccccc2oc1=O. The van der Waals surface area contributed by atoms with E-state index in [9.17, 15) is 4.79 Å². The van der Waals surface area contributed by atoms with Crippen molar-refractivity contribution in [3.63, 3.8) is 0 Å². The molecule has 0 fully saturated rings. The first-order valence-electron chi connectivity index (χ1n) is 6.09. The number of fused-ring (bicyclic) bond motifs is 1. The summed E-state index contributed by atoms with van der Waals surface area (Å²) in [7, 11) is 1.83. The smallest absolute Gasteiger partial charge is 0.344 e. The molecule has 3 aromatic rings. The molecule has 19 heavy (non-hydrogen) atoms. The predicted octanol–water partition coefficient (Wildman–Crippen LogP) is 3.50. The Morgan fingerprint density at radius 2 is 1.68 bits per heavy atom. The van der Waals surface area contributed by atoms with E-state index in [2.05, 4.69) is 5.32 Å². The first kappa shape index (κ1) is 11.5. The maximum absolute atomic E-state index is 12.1. The van der Waals surface area contributed by atoms with Gasteiger partial charge in [-0.05, 0) is 18.2 Å². The molecule has 1 aromatic heterocycles. The Kier molecular flexibility index (Phi) is 2.80. The summed E-state index contributed by atoms with van der Waals surface area (Å²) < 4.78 is 5.36. The standard InChI is InChI=1S/C16H13NO2/c1-17-14-8-4-3-7-12(14)13-10-11-6-2-5-9-15(11)19-16(13)18/h2-10,17H,1H3. The van der Waals surface area contributed by atoms with Crippen molar-refractivity contribution in [3.05, 3.63) is 65.0 Å². The van der Waals surface area contributed by atoms with Crippen LogP contribution in [0.4, 0.5) is 5.69 Å². The fourth-order valence-electron chi connectivity index (χ4n) is 2.19. The monoisotopic (exact) mass is 251 g/mol. The zero-order chi connectivity index (χ0) is 13.2. The molecule has 2 aromatic carbocycles. The number of rotatable bonds is 2. The fourth-order valence-corrected chi connectivity index (χ4v) is 2.19. The van der Waals surface area contributed by atoms with Gasteiger partial charge < -0.3 is 9.73 Å². The third-order valence-corrected chi connectivity index (χ3v) is 3.13. The zero-order valence-electron chi connectivity index (χ0n) is 10.5. The van der Waals surface area contributed by atoms with Gasteiger partial charge in [0.25, 0.3) is 0 Å². The maximum atomic E-state index is 12.1. The molecule has 0 atom stereocenters. The Balaban J connectivity index is 2.30. The van der Waals surface area contributed by atoms with Crippen molar-refractivity contribution < 1.29 is 4.42 Å². The van der Waals surface area contributed by atoms with Gasteiger partial charge >= 0.3 is 5.63 Å². The second kappa shape index (κ2) is 4.61. The van der Waals surface area contributed by atoms with Crippen LogP contribution in [0.1, 0.15) is 0 Å². The molecule has 0 unspecified atom stereocenters. The van der Waals surface area contributed by atoms with Crippen molar-refractivity contribution in [1.82, 2.24) is 0 Å². The van der Waals surface area contributed by atoms with Gasteiger partial charge in [0, 0.05) is 23.7 Å². The summed E-state index contributed by atoms with van der Waals surface area (Å²) in [5.41, 5.74) is 2.62. The fraction of sp³-hybridized carbons (Fsp3) is 0.0625. The summed E-state index contributed by atoms with van der Waals surface area (Å²) in [6.07, 6.45) is 0. The lowest BCUT2D eigenvalue weighted by Crippen LogP contribution is -2.04. The lowest BCUT2D eigenvalue weighted by Gasteiger charge is -2.08. The van der Waals surface area contributed by atoms with Crippen LogP contribution in [0.25, 0.3) is 22.1 Å². The van der Waals surface area contributed by atoms with Crippen LogP contribution in [0.2, 0.25) is 0 Å². The summed E-state index contributed by atoms with van der Waals surface area (Å²) in [5, 5.41) is 4.01. The molecule has 94 valence electrons. The number of benzene rings is 2. The minimum Gasteiger partial charge on any atom is -0.422 e. The Labute approximate surface area is 110 Å². The van der Waals surface area contributed by atoms with Gasteiger partial charge in [-0.1, -0.05) is 36.4 Å². The third-order valence-electron chi connectivity index (χ3n) is 3.13. The Morgan fingerprint density at radius 1 is 0.947 bits per heavy atom. The highest BCUT2D eigenvalue weighted by Crippen LogP contribution is 2.27. The van der Waals surface area contributed by atoms with Crippen molar-refractivity contribution in [3.8, 4) is 11.1 Å². The van der Waals surface area contributed by atoms with Crippen molar-refractivity contribution in [2.24, 2.45) is 0 Å². The topological polar surface area (TPSA) is 42.2 Å². The Bertz CT molecular complexity index is 790. The van der Waals surface area contributed by atoms with E-state index in [1.54, 1.807) is 6.07 Å². The van der Waals surface area contributed by atoms with E-state index in [1.807, 2.05) is 55.6 Å². The second-order valence-electron chi connectivity index (χ2n) is 4.28. The van der Waals surface area contributed by atoms with E-state index in [0.717, 1.165) is 16.6 Å². The Morgan fingerprint density at radius 3 is 2.53 bits per heavy atom. The van der Waals surface area contributed by atoms with Gasteiger partial charge in [-0.15, -0.1) is 0 Å². The number of nitrogens with one attached hydrogen (secondary N) is 1. The van der Waals surface area contributed by atoms with Crippen LogP contribution >= 0.6 is 0 Å². The summed E-state index contributed by atoms with van der Waals surface area (Å²) in [4.78, 5) is 12.1. The van der Waals surface area contributed by atoms with E-state index >= 15 is 0 Å². The molecule has 0 saturated heterocycles. The summed E-state index contributed by atoms with van der Waals surface area (Å²) in [5.74, 6) is 0. The quantitative estimate of drug-likeness (QED) is 0.709. The summed E-state index contributed by atoms with van der Waals surface area (Å²) in [6.45, 7) is 0. The summed E-state index contributed by atoms with van der Waals surface area (Å²) >= 11 is 0. The summed E-state index contributed by atoms with van der Waals surface area (Å²) in [6, 6.07) is 17.1. The molecule has 1 N–H and O–H groups in total. The molecule has 3 nitrogen and oxygen atoms in total. The van der Waals surface area contributed by atoms with Crippen molar-refractivity contribution in [2.45, 2.75) is 0 Å². The molecule has 0 spiro atoms. The average molecular weight is 251 g/mol. The third kappa shape index (κ3) is 1.99. The van der Waals surface area contributed by atoms with Crippen molar-refractivity contribution >= 4 is 16.7 Å². The molecule has 0 aliphatic heterocycles. The minimum atomic E-state index is -0.318. The zero-order valence-corrected chi connectivity index (χ0v) is 10.5. The van der Waals surface area contributed by atoms with Gasteiger partial charge in [-0.2, -0.15) is 0 Å². The van der Waals surface area contributed by atoms with Crippen LogP contribution in [0.15, 0.2) is 63.8 Å². The number of anilines is 1. The van der Waals surface area contributed by atoms with Crippen LogP contribution in [-0.2, 0) is 0 Å². The van der Waals surface area contributed by atoms with Crippen LogP contribution in [0.5, 0.6) is 0 Å². The molecular weight excluding hydrogens is 238 g/mol. The Hall–Kier alpha value is -2.55. The number of hydrogen-bond donors (Lipinski definition) is 1. The van der Waals surface area contributed by atoms with Gasteiger partial charge in [0.15, 0.2) is 0 Å². The van der Waals surface area contributed by atoms with Crippen LogP contribution in [0.3, 0.4) is 0 Å².